The van der Waals surface area contributed by atoms with Crippen LogP contribution in [-0.4, -0.2) is 59.4 Å². The van der Waals surface area contributed by atoms with Crippen molar-refractivity contribution in [3.05, 3.63) is 71.3 Å². The molecule has 8 nitrogen and oxygen atoms in total. The first-order valence-electron chi connectivity index (χ1n) is 12.7. The molecule has 0 radical (unpaired) electrons. The van der Waals surface area contributed by atoms with Gasteiger partial charge in [0.25, 0.3) is 5.91 Å². The maximum atomic E-state index is 12.8. The van der Waals surface area contributed by atoms with E-state index in [0.29, 0.717) is 18.1 Å². The summed E-state index contributed by atoms with van der Waals surface area (Å²) in [6.45, 7) is 5.22. The molecule has 1 saturated heterocycles. The monoisotopic (exact) mass is 549 g/mol. The SMILES string of the molecule is CC(C)(C)OC(=O)N(CCC(F)(F)F)NC(=O)c1ccc(C2CCN(C(=O)OCc3ccccc3)CC2)cc1. The van der Waals surface area contributed by atoms with Gasteiger partial charge in [-0.3, -0.25) is 10.2 Å². The van der Waals surface area contributed by atoms with Gasteiger partial charge in [0.1, 0.15) is 12.2 Å². The zero-order valence-electron chi connectivity index (χ0n) is 22.3. The second kappa shape index (κ2) is 12.9. The summed E-state index contributed by atoms with van der Waals surface area (Å²) >= 11 is 0. The van der Waals surface area contributed by atoms with Gasteiger partial charge in [-0.05, 0) is 62.8 Å². The minimum absolute atomic E-state index is 0.172. The van der Waals surface area contributed by atoms with Gasteiger partial charge in [-0.1, -0.05) is 42.5 Å². The Morgan fingerprint density at radius 2 is 1.59 bits per heavy atom. The number of nitrogens with one attached hydrogen (secondary N) is 1. The largest absolute Gasteiger partial charge is 0.445 e. The van der Waals surface area contributed by atoms with Crippen LogP contribution in [0.15, 0.2) is 54.6 Å². The topological polar surface area (TPSA) is 88.2 Å². The third-order valence-corrected chi connectivity index (χ3v) is 6.07. The van der Waals surface area contributed by atoms with E-state index >= 15 is 0 Å². The summed E-state index contributed by atoms with van der Waals surface area (Å²) in [6.07, 6.45) is -5.81. The minimum atomic E-state index is -4.51. The van der Waals surface area contributed by atoms with E-state index in [1.165, 1.54) is 0 Å². The van der Waals surface area contributed by atoms with Crippen molar-refractivity contribution in [2.45, 2.75) is 64.3 Å². The minimum Gasteiger partial charge on any atom is -0.445 e. The molecule has 0 spiro atoms. The number of piperidine rings is 1. The van der Waals surface area contributed by atoms with E-state index in [4.69, 9.17) is 9.47 Å². The number of amides is 3. The second-order valence-electron chi connectivity index (χ2n) is 10.4. The molecule has 3 rings (SSSR count). The van der Waals surface area contributed by atoms with Crippen LogP contribution in [0.3, 0.4) is 0 Å². The molecule has 0 atom stereocenters. The lowest BCUT2D eigenvalue weighted by Crippen LogP contribution is -2.49. The summed E-state index contributed by atoms with van der Waals surface area (Å²) in [5, 5.41) is 0.543. The lowest BCUT2D eigenvalue weighted by Gasteiger charge is -2.31. The Bertz CT molecular complexity index is 1110. The zero-order valence-corrected chi connectivity index (χ0v) is 22.3. The van der Waals surface area contributed by atoms with Crippen LogP contribution in [0.4, 0.5) is 22.8 Å². The molecule has 39 heavy (non-hydrogen) atoms. The number of hydrogen-bond acceptors (Lipinski definition) is 5. The van der Waals surface area contributed by atoms with Crippen LogP contribution >= 0.6 is 0 Å². The fraction of sp³-hybridized carbons (Fsp3) is 0.464. The summed E-state index contributed by atoms with van der Waals surface area (Å²) in [4.78, 5) is 39.2. The Labute approximate surface area is 226 Å². The summed E-state index contributed by atoms with van der Waals surface area (Å²) < 4.78 is 48.8. The summed E-state index contributed by atoms with van der Waals surface area (Å²) in [5.74, 6) is -0.559. The van der Waals surface area contributed by atoms with Crippen molar-refractivity contribution in [2.24, 2.45) is 0 Å². The van der Waals surface area contributed by atoms with E-state index in [-0.39, 0.29) is 24.2 Å². The highest BCUT2D eigenvalue weighted by atomic mass is 19.4. The third-order valence-electron chi connectivity index (χ3n) is 6.07. The van der Waals surface area contributed by atoms with Gasteiger partial charge in [0.05, 0.1) is 13.0 Å². The fourth-order valence-corrected chi connectivity index (χ4v) is 4.05. The number of ether oxygens (including phenoxy) is 2. The van der Waals surface area contributed by atoms with Crippen molar-refractivity contribution in [3.63, 3.8) is 0 Å². The molecule has 2 aromatic carbocycles. The number of hydrazine groups is 1. The quantitative estimate of drug-likeness (QED) is 0.444. The van der Waals surface area contributed by atoms with Crippen molar-refractivity contribution in [1.82, 2.24) is 15.3 Å². The standard InChI is InChI=1S/C28H34F3N3O5/c1-27(2,3)39-26(37)34(18-15-28(29,30)31)32-24(35)23-11-9-21(10-12-23)22-13-16-33(17-14-22)25(36)38-19-20-7-5-4-6-8-20/h4-12,22H,13-19H2,1-3H3,(H,32,35). The fourth-order valence-electron chi connectivity index (χ4n) is 4.05. The molecule has 0 aliphatic carbocycles. The molecule has 1 heterocycles. The van der Waals surface area contributed by atoms with Crippen molar-refractivity contribution >= 4 is 18.1 Å². The third kappa shape index (κ3) is 9.81. The number of likely N-dealkylation sites (tertiary alicyclic amines) is 1. The van der Waals surface area contributed by atoms with Gasteiger partial charge < -0.3 is 14.4 Å². The Balaban J connectivity index is 1.53. The van der Waals surface area contributed by atoms with E-state index in [1.54, 1.807) is 49.9 Å². The zero-order chi connectivity index (χ0) is 28.6. The van der Waals surface area contributed by atoms with E-state index < -0.39 is 36.7 Å². The molecule has 1 aliphatic rings. The van der Waals surface area contributed by atoms with Crippen molar-refractivity contribution in [1.29, 1.82) is 0 Å². The van der Waals surface area contributed by atoms with Gasteiger partial charge >= 0.3 is 18.4 Å². The van der Waals surface area contributed by atoms with Crippen LogP contribution < -0.4 is 5.43 Å². The highest BCUT2D eigenvalue weighted by Gasteiger charge is 2.32. The summed E-state index contributed by atoms with van der Waals surface area (Å²) in [7, 11) is 0. The Hall–Kier alpha value is -3.76. The Morgan fingerprint density at radius 1 is 0.974 bits per heavy atom. The van der Waals surface area contributed by atoms with Gasteiger partial charge in [0.15, 0.2) is 0 Å². The molecule has 0 unspecified atom stereocenters. The average Bonchev–Trinajstić information content (AvgIpc) is 2.88. The lowest BCUT2D eigenvalue weighted by molar-refractivity contribution is -0.138. The molecule has 1 aliphatic heterocycles. The van der Waals surface area contributed by atoms with E-state index in [1.807, 2.05) is 30.3 Å². The van der Waals surface area contributed by atoms with Gasteiger partial charge in [-0.25, -0.2) is 14.6 Å². The number of nitrogens with zero attached hydrogens (tertiary/aromatic N) is 2. The number of rotatable bonds is 6. The predicted octanol–water partition coefficient (Wildman–Crippen LogP) is 6.04. The highest BCUT2D eigenvalue weighted by molar-refractivity contribution is 5.95. The average molecular weight is 550 g/mol. The predicted molar refractivity (Wildman–Crippen MR) is 138 cm³/mol. The number of benzene rings is 2. The van der Waals surface area contributed by atoms with E-state index in [9.17, 15) is 27.6 Å². The first-order valence-corrected chi connectivity index (χ1v) is 12.7. The highest BCUT2D eigenvalue weighted by Crippen LogP contribution is 2.29. The van der Waals surface area contributed by atoms with Crippen LogP contribution in [0.5, 0.6) is 0 Å². The van der Waals surface area contributed by atoms with Gasteiger partial charge in [0.2, 0.25) is 0 Å². The van der Waals surface area contributed by atoms with E-state index in [2.05, 4.69) is 5.43 Å². The number of alkyl halides is 3. The van der Waals surface area contributed by atoms with Crippen LogP contribution in [0.1, 0.15) is 67.4 Å². The van der Waals surface area contributed by atoms with Crippen molar-refractivity contribution < 1.29 is 37.0 Å². The first-order chi connectivity index (χ1) is 18.3. The normalized spacial score (nSPS) is 14.5. The van der Waals surface area contributed by atoms with Crippen molar-refractivity contribution in [2.75, 3.05) is 19.6 Å². The molecule has 3 amide bonds. The molecule has 2 aromatic rings. The molecule has 0 bridgehead atoms. The maximum Gasteiger partial charge on any atom is 0.429 e. The Kier molecular flexibility index (Phi) is 9.82. The van der Waals surface area contributed by atoms with Crippen LogP contribution in [-0.2, 0) is 16.1 Å². The van der Waals surface area contributed by atoms with Crippen LogP contribution in [0.2, 0.25) is 0 Å². The summed E-state index contributed by atoms with van der Waals surface area (Å²) in [6, 6.07) is 16.1. The van der Waals surface area contributed by atoms with Gasteiger partial charge in [-0.15, -0.1) is 0 Å². The molecule has 0 aromatic heterocycles. The molecule has 1 N–H and O–H groups in total. The van der Waals surface area contributed by atoms with Crippen LogP contribution in [0, 0.1) is 0 Å². The first kappa shape index (κ1) is 29.8. The second-order valence-corrected chi connectivity index (χ2v) is 10.4. The smallest absolute Gasteiger partial charge is 0.429 e. The van der Waals surface area contributed by atoms with Crippen molar-refractivity contribution in [3.8, 4) is 0 Å². The molecule has 1 fully saturated rings. The van der Waals surface area contributed by atoms with Gasteiger partial charge in [0, 0.05) is 18.7 Å². The lowest BCUT2D eigenvalue weighted by atomic mass is 9.89. The number of carbonyl (C=O) groups excluding carboxylic acids is 3. The van der Waals surface area contributed by atoms with Crippen LogP contribution in [0.25, 0.3) is 0 Å². The Morgan fingerprint density at radius 3 is 2.15 bits per heavy atom. The summed E-state index contributed by atoms with van der Waals surface area (Å²) in [5.41, 5.74) is 3.36. The molecular formula is C28H34F3N3O5. The molecule has 212 valence electrons. The van der Waals surface area contributed by atoms with Gasteiger partial charge in [-0.2, -0.15) is 13.2 Å². The molecule has 11 heteroatoms. The van der Waals surface area contributed by atoms with E-state index in [0.717, 1.165) is 24.0 Å². The number of halogens is 3. The molecule has 0 saturated carbocycles. The number of hydrogen-bond donors (Lipinski definition) is 1. The maximum absolute atomic E-state index is 12.8. The number of carbonyl (C=O) groups is 3. The molecular weight excluding hydrogens is 515 g/mol.